The smallest absolute Gasteiger partial charge is 0.292 e. The maximum Gasteiger partial charge on any atom is 0.292 e. The number of carbonyl (C=O) groups excluding carboxylic acids is 1. The lowest BCUT2D eigenvalue weighted by molar-refractivity contribution is -0.384. The van der Waals surface area contributed by atoms with Crippen molar-refractivity contribution in [3.05, 3.63) is 64.2 Å². The highest BCUT2D eigenvalue weighted by molar-refractivity contribution is 7.89. The molecule has 1 atom stereocenters. The molecule has 32 heavy (non-hydrogen) atoms. The molecule has 0 aromatic heterocycles. The maximum atomic E-state index is 12.8. The van der Waals surface area contributed by atoms with Crippen molar-refractivity contribution in [3.8, 4) is 0 Å². The third-order valence-corrected chi connectivity index (χ3v) is 6.72. The lowest BCUT2D eigenvalue weighted by atomic mass is 10.1. The molecule has 3 rings (SSSR count). The summed E-state index contributed by atoms with van der Waals surface area (Å²) in [5.74, 6) is -0.0253. The highest BCUT2D eigenvalue weighted by Crippen LogP contribution is 2.28. The van der Waals surface area contributed by atoms with Gasteiger partial charge in [0.2, 0.25) is 15.9 Å². The van der Waals surface area contributed by atoms with Crippen molar-refractivity contribution in [1.29, 1.82) is 0 Å². The van der Waals surface area contributed by atoms with Gasteiger partial charge in [-0.3, -0.25) is 19.8 Å². The molecular formula is C21H27N5O5S. The second-order valence-corrected chi connectivity index (χ2v) is 9.38. The van der Waals surface area contributed by atoms with E-state index in [-0.39, 0.29) is 29.1 Å². The first kappa shape index (κ1) is 23.6. The molecule has 0 radical (unpaired) electrons. The van der Waals surface area contributed by atoms with Gasteiger partial charge in [-0.25, -0.2) is 13.6 Å². The number of anilines is 1. The van der Waals surface area contributed by atoms with E-state index in [1.54, 1.807) is 35.2 Å². The summed E-state index contributed by atoms with van der Waals surface area (Å²) in [5, 5.41) is 16.4. The van der Waals surface area contributed by atoms with E-state index in [0.29, 0.717) is 31.9 Å². The highest BCUT2D eigenvalue weighted by Gasteiger charge is 2.26. The maximum absolute atomic E-state index is 12.8. The number of para-hydroxylation sites is 2. The third-order valence-electron chi connectivity index (χ3n) is 5.79. The fraction of sp³-hybridized carbons (Fsp3) is 0.381. The summed E-state index contributed by atoms with van der Waals surface area (Å²) in [5.41, 5.74) is 1.50. The number of benzene rings is 2. The molecular weight excluding hydrogens is 434 g/mol. The van der Waals surface area contributed by atoms with Gasteiger partial charge < -0.3 is 9.80 Å². The molecule has 1 unspecified atom stereocenters. The lowest BCUT2D eigenvalue weighted by Gasteiger charge is -2.37. The minimum Gasteiger partial charge on any atom is -0.362 e. The van der Waals surface area contributed by atoms with Crippen LogP contribution in [0.4, 0.5) is 11.4 Å². The molecule has 172 valence electrons. The monoisotopic (exact) mass is 461 g/mol. The Morgan fingerprint density at radius 3 is 2.28 bits per heavy atom. The molecule has 2 N–H and O–H groups in total. The number of primary sulfonamides is 1. The second-order valence-electron chi connectivity index (χ2n) is 7.82. The molecule has 10 nitrogen and oxygen atoms in total. The van der Waals surface area contributed by atoms with E-state index in [4.69, 9.17) is 5.14 Å². The molecule has 2 aromatic rings. The number of nitro benzene ring substituents is 1. The van der Waals surface area contributed by atoms with Gasteiger partial charge >= 0.3 is 0 Å². The van der Waals surface area contributed by atoms with Gasteiger partial charge in [-0.2, -0.15) is 0 Å². The van der Waals surface area contributed by atoms with Crippen LogP contribution in [-0.2, 0) is 14.8 Å². The topological polar surface area (TPSA) is 130 Å². The van der Waals surface area contributed by atoms with Crippen LogP contribution in [-0.4, -0.2) is 68.8 Å². The van der Waals surface area contributed by atoms with Crippen molar-refractivity contribution in [3.63, 3.8) is 0 Å². The van der Waals surface area contributed by atoms with Gasteiger partial charge in [-0.1, -0.05) is 24.3 Å². The van der Waals surface area contributed by atoms with E-state index in [9.17, 15) is 23.3 Å². The average molecular weight is 462 g/mol. The highest BCUT2D eigenvalue weighted by atomic mass is 32.2. The Kier molecular flexibility index (Phi) is 7.12. The largest absolute Gasteiger partial charge is 0.362 e. The van der Waals surface area contributed by atoms with Crippen molar-refractivity contribution in [2.24, 2.45) is 5.14 Å². The number of nitrogens with two attached hydrogens (primary N) is 1. The average Bonchev–Trinajstić information content (AvgIpc) is 2.78. The van der Waals surface area contributed by atoms with Crippen LogP contribution in [0.25, 0.3) is 0 Å². The van der Waals surface area contributed by atoms with Gasteiger partial charge in [0.05, 0.1) is 16.4 Å². The number of carbonyl (C=O) groups is 1. The first-order valence-electron chi connectivity index (χ1n) is 10.2. The van der Waals surface area contributed by atoms with Gasteiger partial charge in [-0.05, 0) is 37.7 Å². The molecule has 2 aromatic carbocycles. The molecule has 0 spiro atoms. The summed E-state index contributed by atoms with van der Waals surface area (Å²) >= 11 is 0. The van der Waals surface area contributed by atoms with Crippen molar-refractivity contribution in [2.45, 2.75) is 17.9 Å². The fourth-order valence-corrected chi connectivity index (χ4v) is 4.24. The number of likely N-dealkylation sites (N-methyl/N-ethyl adjacent to an activating group) is 1. The van der Waals surface area contributed by atoms with Crippen molar-refractivity contribution in [2.75, 3.05) is 44.7 Å². The van der Waals surface area contributed by atoms with E-state index in [1.807, 2.05) is 23.8 Å². The van der Waals surface area contributed by atoms with Crippen molar-refractivity contribution >= 4 is 27.3 Å². The molecule has 1 saturated heterocycles. The van der Waals surface area contributed by atoms with Gasteiger partial charge in [-0.15, -0.1) is 0 Å². The van der Waals surface area contributed by atoms with Crippen LogP contribution >= 0.6 is 0 Å². The normalized spacial score (nSPS) is 15.6. The molecule has 1 aliphatic rings. The fourth-order valence-electron chi connectivity index (χ4n) is 3.72. The lowest BCUT2D eigenvalue weighted by Crippen LogP contribution is -2.51. The number of sulfonamides is 1. The summed E-state index contributed by atoms with van der Waals surface area (Å²) in [6.07, 6.45) is 0. The number of rotatable bonds is 7. The quantitative estimate of drug-likeness (QED) is 0.489. The summed E-state index contributed by atoms with van der Waals surface area (Å²) in [4.78, 5) is 29.3. The van der Waals surface area contributed by atoms with E-state index in [1.165, 1.54) is 18.2 Å². The Labute approximate surface area is 187 Å². The van der Waals surface area contributed by atoms with Crippen LogP contribution < -0.4 is 10.0 Å². The van der Waals surface area contributed by atoms with Gasteiger partial charge in [0.15, 0.2) is 0 Å². The van der Waals surface area contributed by atoms with E-state index < -0.39 is 14.9 Å². The Hall–Kier alpha value is -3.02. The zero-order valence-corrected chi connectivity index (χ0v) is 18.9. The Balaban J connectivity index is 1.57. The molecule has 1 aliphatic heterocycles. The van der Waals surface area contributed by atoms with Gasteiger partial charge in [0.25, 0.3) is 5.69 Å². The van der Waals surface area contributed by atoms with Gasteiger partial charge in [0.1, 0.15) is 5.69 Å². The van der Waals surface area contributed by atoms with E-state index >= 15 is 0 Å². The van der Waals surface area contributed by atoms with Crippen molar-refractivity contribution < 1.29 is 18.1 Å². The predicted molar refractivity (Wildman–Crippen MR) is 121 cm³/mol. The molecule has 1 heterocycles. The first-order chi connectivity index (χ1) is 15.1. The summed E-state index contributed by atoms with van der Waals surface area (Å²) < 4.78 is 22.8. The van der Waals surface area contributed by atoms with E-state index in [2.05, 4.69) is 0 Å². The van der Waals surface area contributed by atoms with Crippen LogP contribution in [0, 0.1) is 10.1 Å². The Morgan fingerprint density at radius 2 is 1.72 bits per heavy atom. The van der Waals surface area contributed by atoms with Crippen LogP contribution in [0.3, 0.4) is 0 Å². The van der Waals surface area contributed by atoms with Crippen molar-refractivity contribution in [1.82, 2.24) is 9.80 Å². The number of amides is 1. The summed E-state index contributed by atoms with van der Waals surface area (Å²) in [6, 6.07) is 12.8. The SMILES string of the molecule is CC(c1ccc(S(N)(=O)=O)cc1)N(C)CC(=O)N1CCN(c2ccccc2[N+](=O)[O-])CC1. The number of hydrogen-bond acceptors (Lipinski definition) is 7. The van der Waals surface area contributed by atoms with Crippen LogP contribution in [0.1, 0.15) is 18.5 Å². The zero-order valence-electron chi connectivity index (χ0n) is 18.0. The minimum atomic E-state index is -3.75. The Bertz CT molecular complexity index is 1080. The molecule has 0 bridgehead atoms. The molecule has 0 aliphatic carbocycles. The number of piperazine rings is 1. The number of nitrogens with zero attached hydrogens (tertiary/aromatic N) is 4. The predicted octanol–water partition coefficient (Wildman–Crippen LogP) is 1.58. The standard InChI is InChI=1S/C21H27N5O5S/c1-16(17-7-9-18(10-8-17)32(22,30)31)23(2)15-21(27)25-13-11-24(12-14-25)19-5-3-4-6-20(19)26(28)29/h3-10,16H,11-15H2,1-2H3,(H2,22,30,31). The molecule has 0 saturated carbocycles. The molecule has 1 amide bonds. The third kappa shape index (κ3) is 5.42. The molecule has 11 heteroatoms. The van der Waals surface area contributed by atoms with Crippen LogP contribution in [0.15, 0.2) is 53.4 Å². The van der Waals surface area contributed by atoms with Crippen LogP contribution in [0.2, 0.25) is 0 Å². The van der Waals surface area contributed by atoms with Crippen LogP contribution in [0.5, 0.6) is 0 Å². The minimum absolute atomic E-state index is 0.0253. The summed E-state index contributed by atoms with van der Waals surface area (Å²) in [7, 11) is -1.91. The second kappa shape index (κ2) is 9.63. The van der Waals surface area contributed by atoms with E-state index in [0.717, 1.165) is 5.56 Å². The Morgan fingerprint density at radius 1 is 1.12 bits per heavy atom. The zero-order chi connectivity index (χ0) is 23.5. The first-order valence-corrected chi connectivity index (χ1v) is 11.7. The van der Waals surface area contributed by atoms with Gasteiger partial charge in [0, 0.05) is 38.3 Å². The number of nitro groups is 1. The molecule has 1 fully saturated rings. The number of hydrogen-bond donors (Lipinski definition) is 1. The summed E-state index contributed by atoms with van der Waals surface area (Å²) in [6.45, 7) is 4.14.